The van der Waals surface area contributed by atoms with Gasteiger partial charge in [0.1, 0.15) is 11.5 Å². The number of nitrogens with one attached hydrogen (secondary N) is 1. The van der Waals surface area contributed by atoms with E-state index < -0.39 is 0 Å². The molecule has 32 heavy (non-hydrogen) atoms. The molecule has 0 fully saturated rings. The summed E-state index contributed by atoms with van der Waals surface area (Å²) in [6.07, 6.45) is 1.70. The summed E-state index contributed by atoms with van der Waals surface area (Å²) in [6.45, 7) is 0.183. The lowest BCUT2D eigenvalue weighted by Gasteiger charge is -2.10. The summed E-state index contributed by atoms with van der Waals surface area (Å²) in [7, 11) is 1.61. The zero-order valence-electron chi connectivity index (χ0n) is 17.2. The third-order valence-electron chi connectivity index (χ3n) is 4.47. The van der Waals surface area contributed by atoms with E-state index in [4.69, 9.17) is 21.1 Å². The molecule has 0 spiro atoms. The zero-order valence-corrected chi connectivity index (χ0v) is 18.8. The lowest BCUT2D eigenvalue weighted by molar-refractivity contribution is 0.102. The van der Waals surface area contributed by atoms with Gasteiger partial charge in [0.05, 0.1) is 12.8 Å². The molecule has 4 aromatic rings. The lowest BCUT2D eigenvalue weighted by atomic mass is 10.3. The second kappa shape index (κ2) is 10.3. The van der Waals surface area contributed by atoms with Crippen LogP contribution in [0.15, 0.2) is 94.9 Å². The van der Waals surface area contributed by atoms with E-state index in [9.17, 15) is 4.79 Å². The van der Waals surface area contributed by atoms with Crippen LogP contribution in [0.4, 0.5) is 5.69 Å². The number of hydrogen-bond donors (Lipinski definition) is 1. The first-order chi connectivity index (χ1) is 15.6. The van der Waals surface area contributed by atoms with Crippen molar-refractivity contribution in [3.05, 3.63) is 95.8 Å². The Balaban J connectivity index is 1.39. The molecule has 1 amide bonds. The molecule has 0 radical (unpaired) electrons. The van der Waals surface area contributed by atoms with Crippen molar-refractivity contribution in [2.45, 2.75) is 16.5 Å². The molecule has 1 heterocycles. The van der Waals surface area contributed by atoms with Gasteiger partial charge in [-0.25, -0.2) is 4.68 Å². The van der Waals surface area contributed by atoms with E-state index in [0.717, 1.165) is 15.5 Å². The molecule has 1 N–H and O–H groups in total. The van der Waals surface area contributed by atoms with Crippen LogP contribution < -0.4 is 14.8 Å². The number of benzene rings is 3. The number of para-hydroxylation sites is 1. The van der Waals surface area contributed by atoms with Crippen LogP contribution >= 0.6 is 23.4 Å². The average molecular weight is 466 g/mol. The molecule has 0 aliphatic carbocycles. The van der Waals surface area contributed by atoms with Crippen LogP contribution in [0.3, 0.4) is 0 Å². The van der Waals surface area contributed by atoms with Crippen molar-refractivity contribution in [2.24, 2.45) is 0 Å². The van der Waals surface area contributed by atoms with Crippen molar-refractivity contribution in [2.75, 3.05) is 12.4 Å². The van der Waals surface area contributed by atoms with Gasteiger partial charge in [-0.1, -0.05) is 35.5 Å². The van der Waals surface area contributed by atoms with E-state index in [2.05, 4.69) is 10.4 Å². The Morgan fingerprint density at radius 2 is 1.72 bits per heavy atom. The predicted molar refractivity (Wildman–Crippen MR) is 126 cm³/mol. The second-order valence-electron chi connectivity index (χ2n) is 6.70. The maximum atomic E-state index is 12.8. The number of carbonyl (C=O) groups is 1. The van der Waals surface area contributed by atoms with Gasteiger partial charge in [-0.05, 0) is 66.7 Å². The average Bonchev–Trinajstić information content (AvgIpc) is 3.30. The Morgan fingerprint density at radius 1 is 1.00 bits per heavy atom. The summed E-state index contributed by atoms with van der Waals surface area (Å²) in [5.74, 6) is 1.14. The van der Waals surface area contributed by atoms with E-state index >= 15 is 0 Å². The number of aromatic nitrogens is 2. The van der Waals surface area contributed by atoms with Gasteiger partial charge in [0.2, 0.25) is 0 Å². The highest BCUT2D eigenvalue weighted by Crippen LogP contribution is 2.34. The molecule has 0 bridgehead atoms. The summed E-state index contributed by atoms with van der Waals surface area (Å²) in [6, 6.07) is 24.1. The van der Waals surface area contributed by atoms with Crippen molar-refractivity contribution in [1.82, 2.24) is 9.78 Å². The molecule has 0 aliphatic rings. The molecule has 0 atom stereocenters. The van der Waals surface area contributed by atoms with Crippen LogP contribution in [-0.4, -0.2) is 22.8 Å². The fourth-order valence-corrected chi connectivity index (χ4v) is 3.87. The maximum Gasteiger partial charge on any atom is 0.276 e. The number of nitrogens with zero attached hydrogens (tertiary/aromatic N) is 2. The molecule has 162 valence electrons. The van der Waals surface area contributed by atoms with Crippen LogP contribution in [0.2, 0.25) is 5.02 Å². The Kier molecular flexibility index (Phi) is 6.99. The predicted octanol–water partition coefficient (Wildman–Crippen LogP) is 5.99. The highest BCUT2D eigenvalue weighted by molar-refractivity contribution is 7.99. The minimum Gasteiger partial charge on any atom is -0.497 e. The van der Waals surface area contributed by atoms with E-state index in [1.165, 1.54) is 0 Å². The minimum absolute atomic E-state index is 0.183. The van der Waals surface area contributed by atoms with Gasteiger partial charge in [-0.2, -0.15) is 5.10 Å². The van der Waals surface area contributed by atoms with E-state index in [1.807, 2.05) is 72.8 Å². The van der Waals surface area contributed by atoms with E-state index in [0.29, 0.717) is 22.2 Å². The molecule has 8 heteroatoms. The highest BCUT2D eigenvalue weighted by Gasteiger charge is 2.13. The first kappa shape index (κ1) is 21.8. The number of amides is 1. The Morgan fingerprint density at radius 3 is 2.47 bits per heavy atom. The molecule has 0 saturated heterocycles. The number of rotatable bonds is 8. The summed E-state index contributed by atoms with van der Waals surface area (Å²) in [5.41, 5.74) is 1.01. The molecule has 0 saturated carbocycles. The fraction of sp³-hybridized carbons (Fsp3) is 0.0833. The van der Waals surface area contributed by atoms with Gasteiger partial charge in [0.15, 0.2) is 12.4 Å². The van der Waals surface area contributed by atoms with Crippen LogP contribution in [0, 0.1) is 0 Å². The Hall–Kier alpha value is -3.42. The van der Waals surface area contributed by atoms with E-state index in [1.54, 1.807) is 35.8 Å². The number of methoxy groups -OCH3 is 1. The van der Waals surface area contributed by atoms with Gasteiger partial charge < -0.3 is 14.8 Å². The monoisotopic (exact) mass is 465 g/mol. The fourth-order valence-electron chi connectivity index (χ4n) is 2.84. The third kappa shape index (κ3) is 5.63. The molecule has 3 aromatic carbocycles. The van der Waals surface area contributed by atoms with Gasteiger partial charge in [0, 0.05) is 21.0 Å². The van der Waals surface area contributed by atoms with Crippen molar-refractivity contribution in [3.8, 4) is 11.5 Å². The van der Waals surface area contributed by atoms with Gasteiger partial charge >= 0.3 is 0 Å². The number of ether oxygens (including phenoxy) is 2. The topological polar surface area (TPSA) is 65.4 Å². The van der Waals surface area contributed by atoms with Crippen molar-refractivity contribution >= 4 is 35.0 Å². The summed E-state index contributed by atoms with van der Waals surface area (Å²) < 4.78 is 12.4. The normalized spacial score (nSPS) is 10.6. The van der Waals surface area contributed by atoms with Gasteiger partial charge in [0.25, 0.3) is 5.91 Å². The van der Waals surface area contributed by atoms with Crippen LogP contribution in [-0.2, 0) is 6.73 Å². The SMILES string of the molecule is COc1ccc(OCn2ccc(C(=O)Nc3ccccc3Sc3ccc(Cl)cc3)n2)cc1. The van der Waals surface area contributed by atoms with Crippen molar-refractivity contribution in [3.63, 3.8) is 0 Å². The Labute approximate surface area is 195 Å². The smallest absolute Gasteiger partial charge is 0.276 e. The number of anilines is 1. The van der Waals surface area contributed by atoms with Crippen molar-refractivity contribution < 1.29 is 14.3 Å². The number of carbonyl (C=O) groups excluding carboxylic acids is 1. The van der Waals surface area contributed by atoms with Crippen LogP contribution in [0.25, 0.3) is 0 Å². The Bertz CT molecular complexity index is 1190. The molecular formula is C24H20ClN3O3S. The lowest BCUT2D eigenvalue weighted by Crippen LogP contribution is -2.14. The number of hydrogen-bond acceptors (Lipinski definition) is 5. The molecular weight excluding hydrogens is 446 g/mol. The first-order valence-electron chi connectivity index (χ1n) is 9.75. The summed E-state index contributed by atoms with van der Waals surface area (Å²) in [5, 5.41) is 7.94. The van der Waals surface area contributed by atoms with E-state index in [-0.39, 0.29) is 12.6 Å². The number of halogens is 1. The quantitative estimate of drug-likeness (QED) is 0.346. The standard InChI is InChI=1S/C24H20ClN3O3S/c1-30-18-8-10-19(11-9-18)31-16-28-15-14-22(27-28)24(29)26-21-4-2-3-5-23(21)32-20-12-6-17(25)7-13-20/h2-15H,16H2,1H3,(H,26,29). The molecule has 0 unspecified atom stereocenters. The maximum absolute atomic E-state index is 12.8. The molecule has 0 aliphatic heterocycles. The summed E-state index contributed by atoms with van der Waals surface area (Å²) >= 11 is 7.51. The highest BCUT2D eigenvalue weighted by atomic mass is 35.5. The first-order valence-corrected chi connectivity index (χ1v) is 10.9. The third-order valence-corrected chi connectivity index (χ3v) is 5.81. The minimum atomic E-state index is -0.294. The van der Waals surface area contributed by atoms with Gasteiger partial charge in [-0.3, -0.25) is 4.79 Å². The molecule has 1 aromatic heterocycles. The largest absolute Gasteiger partial charge is 0.497 e. The van der Waals surface area contributed by atoms with Gasteiger partial charge in [-0.15, -0.1) is 0 Å². The van der Waals surface area contributed by atoms with Crippen molar-refractivity contribution in [1.29, 1.82) is 0 Å². The molecule has 4 rings (SSSR count). The molecule has 6 nitrogen and oxygen atoms in total. The second-order valence-corrected chi connectivity index (χ2v) is 8.25. The zero-order chi connectivity index (χ0) is 22.3. The van der Waals surface area contributed by atoms with Crippen LogP contribution in [0.1, 0.15) is 10.5 Å². The van der Waals surface area contributed by atoms with Crippen LogP contribution in [0.5, 0.6) is 11.5 Å². The summed E-state index contributed by atoms with van der Waals surface area (Å²) in [4.78, 5) is 14.7.